The SMILES string of the molecule is CC(=N)N1C(=N)C(NC(=O)Nc2ccc(C(=O)c3ccccc3)cc2)N=C(c2ccccc2)c2cc(C)ccc21. The van der Waals surface area contributed by atoms with Gasteiger partial charge in [-0.05, 0) is 50.2 Å². The Labute approximate surface area is 232 Å². The molecule has 4 aromatic rings. The fourth-order valence-electron chi connectivity index (χ4n) is 4.59. The third kappa shape index (κ3) is 5.42. The molecule has 0 spiro atoms. The molecule has 0 aliphatic carbocycles. The van der Waals surface area contributed by atoms with Crippen molar-refractivity contribution in [1.82, 2.24) is 5.32 Å². The van der Waals surface area contributed by atoms with Gasteiger partial charge in [0.05, 0.1) is 11.4 Å². The van der Waals surface area contributed by atoms with Crippen LogP contribution in [0.3, 0.4) is 0 Å². The maximum Gasteiger partial charge on any atom is 0.321 e. The third-order valence-corrected chi connectivity index (χ3v) is 6.50. The summed E-state index contributed by atoms with van der Waals surface area (Å²) in [6.45, 7) is 3.57. The number of benzodiazepines with no additional fused rings is 1. The highest BCUT2D eigenvalue weighted by Gasteiger charge is 2.31. The van der Waals surface area contributed by atoms with Crippen LogP contribution in [0.25, 0.3) is 0 Å². The molecule has 40 heavy (non-hydrogen) atoms. The van der Waals surface area contributed by atoms with E-state index < -0.39 is 12.2 Å². The number of carbonyl (C=O) groups is 2. The van der Waals surface area contributed by atoms with Crippen molar-refractivity contribution in [2.45, 2.75) is 20.0 Å². The van der Waals surface area contributed by atoms with Crippen LogP contribution in [0.5, 0.6) is 0 Å². The van der Waals surface area contributed by atoms with E-state index in [0.717, 1.165) is 16.7 Å². The van der Waals surface area contributed by atoms with E-state index in [1.807, 2.05) is 73.7 Å². The number of amidine groups is 2. The molecule has 5 rings (SSSR count). The van der Waals surface area contributed by atoms with Crippen molar-refractivity contribution >= 4 is 40.6 Å². The lowest BCUT2D eigenvalue weighted by atomic mass is 9.98. The quantitative estimate of drug-likeness (QED) is 0.144. The van der Waals surface area contributed by atoms with Crippen molar-refractivity contribution in [1.29, 1.82) is 10.8 Å². The van der Waals surface area contributed by atoms with E-state index in [0.29, 0.717) is 28.2 Å². The van der Waals surface area contributed by atoms with Crippen molar-refractivity contribution in [2.75, 3.05) is 10.2 Å². The number of rotatable bonds is 5. The number of ketones is 1. The van der Waals surface area contributed by atoms with Crippen LogP contribution in [0.15, 0.2) is 108 Å². The number of nitrogens with zero attached hydrogens (tertiary/aromatic N) is 2. The first-order valence-corrected chi connectivity index (χ1v) is 12.8. The molecule has 0 saturated heterocycles. The normalized spacial score (nSPS) is 14.4. The number of hydrogen-bond acceptors (Lipinski definition) is 5. The van der Waals surface area contributed by atoms with Gasteiger partial charge in [0.25, 0.3) is 0 Å². The number of benzene rings is 4. The second kappa shape index (κ2) is 11.2. The Hall–Kier alpha value is -5.37. The Morgan fingerprint density at radius 3 is 2.12 bits per heavy atom. The highest BCUT2D eigenvalue weighted by molar-refractivity contribution is 6.27. The van der Waals surface area contributed by atoms with Crippen molar-refractivity contribution in [3.05, 3.63) is 131 Å². The summed E-state index contributed by atoms with van der Waals surface area (Å²) in [7, 11) is 0. The Balaban J connectivity index is 1.42. The molecule has 4 N–H and O–H groups in total. The number of carbonyl (C=O) groups excluding carboxylic acids is 2. The molecule has 2 amide bonds. The van der Waals surface area contributed by atoms with Crippen LogP contribution in [0, 0.1) is 17.7 Å². The van der Waals surface area contributed by atoms with E-state index in [4.69, 9.17) is 15.8 Å². The van der Waals surface area contributed by atoms with Gasteiger partial charge in [0.2, 0.25) is 0 Å². The van der Waals surface area contributed by atoms with Crippen molar-refractivity contribution in [3.63, 3.8) is 0 Å². The minimum absolute atomic E-state index is 0.0533. The molecule has 8 nitrogen and oxygen atoms in total. The maximum atomic E-state index is 13.1. The summed E-state index contributed by atoms with van der Waals surface area (Å²) in [5.41, 5.74) is 5.44. The van der Waals surface area contributed by atoms with E-state index in [1.54, 1.807) is 43.3 Å². The van der Waals surface area contributed by atoms with Crippen molar-refractivity contribution in [3.8, 4) is 0 Å². The van der Waals surface area contributed by atoms with Crippen LogP contribution in [-0.4, -0.2) is 35.4 Å². The van der Waals surface area contributed by atoms with Gasteiger partial charge in [-0.3, -0.25) is 25.5 Å². The molecule has 0 radical (unpaired) electrons. The van der Waals surface area contributed by atoms with Gasteiger partial charge in [-0.15, -0.1) is 0 Å². The summed E-state index contributed by atoms with van der Waals surface area (Å²) in [6.07, 6.45) is -1.07. The highest BCUT2D eigenvalue weighted by Crippen LogP contribution is 2.29. The van der Waals surface area contributed by atoms with E-state index in [2.05, 4.69) is 10.6 Å². The molecule has 8 heteroatoms. The number of nitrogens with one attached hydrogen (secondary N) is 4. The molecule has 4 aromatic carbocycles. The Morgan fingerprint density at radius 2 is 1.48 bits per heavy atom. The average Bonchev–Trinajstić information content (AvgIpc) is 3.08. The summed E-state index contributed by atoms with van der Waals surface area (Å²) in [4.78, 5) is 32.1. The molecule has 0 bridgehead atoms. The molecular formula is C32H28N6O2. The van der Waals surface area contributed by atoms with Crippen LogP contribution in [0.4, 0.5) is 16.2 Å². The van der Waals surface area contributed by atoms with Crippen molar-refractivity contribution < 1.29 is 9.59 Å². The Kier molecular flexibility index (Phi) is 7.33. The van der Waals surface area contributed by atoms with Gasteiger partial charge in [-0.25, -0.2) is 4.79 Å². The molecule has 1 aliphatic rings. The van der Waals surface area contributed by atoms with Crippen LogP contribution in [0.1, 0.15) is 39.5 Å². The van der Waals surface area contributed by atoms with Crippen LogP contribution in [0.2, 0.25) is 0 Å². The molecule has 0 fully saturated rings. The monoisotopic (exact) mass is 528 g/mol. The molecular weight excluding hydrogens is 500 g/mol. The van der Waals surface area contributed by atoms with Gasteiger partial charge in [0, 0.05) is 27.9 Å². The smallest absolute Gasteiger partial charge is 0.309 e. The van der Waals surface area contributed by atoms with Crippen molar-refractivity contribution in [2.24, 2.45) is 4.99 Å². The zero-order valence-electron chi connectivity index (χ0n) is 22.1. The number of hydrogen-bond donors (Lipinski definition) is 4. The summed E-state index contributed by atoms with van der Waals surface area (Å²) in [5, 5.41) is 22.9. The fourth-order valence-corrected chi connectivity index (χ4v) is 4.59. The average molecular weight is 529 g/mol. The fraction of sp³-hybridized carbons (Fsp3) is 0.0938. The lowest BCUT2D eigenvalue weighted by Gasteiger charge is -2.27. The van der Waals surface area contributed by atoms with Crippen LogP contribution in [-0.2, 0) is 0 Å². The number of aryl methyl sites for hydroxylation is 1. The van der Waals surface area contributed by atoms with Gasteiger partial charge in [-0.2, -0.15) is 0 Å². The predicted octanol–water partition coefficient (Wildman–Crippen LogP) is 6.01. The number of anilines is 2. The zero-order chi connectivity index (χ0) is 28.2. The lowest BCUT2D eigenvalue weighted by Crippen LogP contribution is -2.49. The minimum Gasteiger partial charge on any atom is -0.309 e. The molecule has 1 aliphatic heterocycles. The van der Waals surface area contributed by atoms with Gasteiger partial charge in [0.15, 0.2) is 17.8 Å². The third-order valence-electron chi connectivity index (χ3n) is 6.50. The first kappa shape index (κ1) is 26.2. The summed E-state index contributed by atoms with van der Waals surface area (Å²) in [5.74, 6) is -0.0313. The molecule has 0 saturated carbocycles. The first-order chi connectivity index (χ1) is 19.3. The topological polar surface area (TPSA) is 122 Å². The summed E-state index contributed by atoms with van der Waals surface area (Å²) >= 11 is 0. The Morgan fingerprint density at radius 1 is 0.850 bits per heavy atom. The van der Waals surface area contributed by atoms with Gasteiger partial charge in [-0.1, -0.05) is 72.3 Å². The number of amides is 2. The number of aliphatic imine (C=N–C) groups is 1. The summed E-state index contributed by atoms with van der Waals surface area (Å²) in [6, 6.07) is 30.4. The second-order valence-corrected chi connectivity index (χ2v) is 9.44. The largest absolute Gasteiger partial charge is 0.321 e. The van der Waals surface area contributed by atoms with E-state index >= 15 is 0 Å². The van der Waals surface area contributed by atoms with Crippen LogP contribution < -0.4 is 15.5 Å². The Bertz CT molecular complexity index is 1630. The number of fused-ring (bicyclic) bond motifs is 1. The van der Waals surface area contributed by atoms with E-state index in [9.17, 15) is 9.59 Å². The molecule has 0 aromatic heterocycles. The first-order valence-electron chi connectivity index (χ1n) is 12.8. The van der Waals surface area contributed by atoms with E-state index in [1.165, 1.54) is 4.90 Å². The van der Waals surface area contributed by atoms with Gasteiger partial charge in [0.1, 0.15) is 5.84 Å². The zero-order valence-corrected chi connectivity index (χ0v) is 22.1. The number of urea groups is 1. The van der Waals surface area contributed by atoms with Crippen LogP contribution >= 0.6 is 0 Å². The minimum atomic E-state index is -1.07. The predicted molar refractivity (Wildman–Crippen MR) is 159 cm³/mol. The molecule has 1 heterocycles. The van der Waals surface area contributed by atoms with E-state index in [-0.39, 0.29) is 17.5 Å². The second-order valence-electron chi connectivity index (χ2n) is 9.44. The standard InChI is InChI=1S/C32H28N6O2/c1-20-13-18-27-26(19-20)28(22-9-5-3-6-10-22)36-31(30(34)38(27)21(2)33)37-32(40)35-25-16-14-24(15-17-25)29(39)23-11-7-4-8-12-23/h3-19,31,33-34H,1-2H3,(H2,35,37,40). The summed E-state index contributed by atoms with van der Waals surface area (Å²) < 4.78 is 0. The highest BCUT2D eigenvalue weighted by atomic mass is 16.2. The molecule has 1 unspecified atom stereocenters. The lowest BCUT2D eigenvalue weighted by molar-refractivity contribution is 0.103. The molecule has 198 valence electrons. The van der Waals surface area contributed by atoms with Gasteiger partial charge >= 0.3 is 6.03 Å². The molecule has 1 atom stereocenters. The van der Waals surface area contributed by atoms with Gasteiger partial charge < -0.3 is 10.6 Å². The maximum absolute atomic E-state index is 13.1.